The summed E-state index contributed by atoms with van der Waals surface area (Å²) >= 11 is 0. The number of anilines is 1. The first kappa shape index (κ1) is 22.7. The van der Waals surface area contributed by atoms with E-state index in [1.807, 2.05) is 55.5 Å². The first-order valence-corrected chi connectivity index (χ1v) is 11.6. The summed E-state index contributed by atoms with van der Waals surface area (Å²) in [6.07, 6.45) is 2.90. The molecule has 33 heavy (non-hydrogen) atoms. The molecule has 0 atom stereocenters. The van der Waals surface area contributed by atoms with Gasteiger partial charge in [0.05, 0.1) is 12.1 Å². The molecular formula is C26H31N5O2. The van der Waals surface area contributed by atoms with E-state index in [0.717, 1.165) is 41.9 Å². The fraction of sp³-hybridized carbons (Fsp3) is 0.346. The summed E-state index contributed by atoms with van der Waals surface area (Å²) in [4.78, 5) is 26.7. The number of nitrogen functional groups attached to an aromatic ring is 1. The third-order valence-electron chi connectivity index (χ3n) is 6.06. The molecule has 0 unspecified atom stereocenters. The number of hydrogen-bond acceptors (Lipinski definition) is 5. The fourth-order valence-corrected chi connectivity index (χ4v) is 4.20. The van der Waals surface area contributed by atoms with Gasteiger partial charge in [0.15, 0.2) is 0 Å². The Labute approximate surface area is 194 Å². The van der Waals surface area contributed by atoms with Crippen molar-refractivity contribution in [1.29, 1.82) is 0 Å². The Kier molecular flexibility index (Phi) is 7.19. The van der Waals surface area contributed by atoms with Crippen LogP contribution >= 0.6 is 0 Å². The highest BCUT2D eigenvalue weighted by Gasteiger charge is 2.12. The van der Waals surface area contributed by atoms with Crippen LogP contribution in [0.3, 0.4) is 0 Å². The van der Waals surface area contributed by atoms with Crippen molar-refractivity contribution in [3.8, 4) is 22.4 Å². The number of amides is 1. The van der Waals surface area contributed by atoms with Gasteiger partial charge in [-0.05, 0) is 61.7 Å². The zero-order valence-corrected chi connectivity index (χ0v) is 19.1. The topological polar surface area (TPSA) is 93.2 Å². The first-order chi connectivity index (χ1) is 16.0. The van der Waals surface area contributed by atoms with E-state index in [1.54, 1.807) is 6.07 Å². The van der Waals surface area contributed by atoms with Gasteiger partial charge in [0.1, 0.15) is 5.69 Å². The highest BCUT2D eigenvalue weighted by molar-refractivity contribution is 5.79. The number of hydrogen-bond donors (Lipinski definition) is 2. The zero-order valence-electron chi connectivity index (χ0n) is 19.1. The summed E-state index contributed by atoms with van der Waals surface area (Å²) in [5.41, 5.74) is 10.4. The highest BCUT2D eigenvalue weighted by Crippen LogP contribution is 2.26. The Hall–Kier alpha value is -3.45. The van der Waals surface area contributed by atoms with E-state index >= 15 is 0 Å². The molecule has 2 heterocycles. The Balaban J connectivity index is 1.41. The van der Waals surface area contributed by atoms with Crippen LogP contribution in [0.1, 0.15) is 25.3 Å². The third kappa shape index (κ3) is 5.68. The van der Waals surface area contributed by atoms with Crippen LogP contribution in [0, 0.1) is 0 Å². The molecule has 1 aliphatic rings. The number of benzene rings is 2. The maximum atomic E-state index is 12.3. The van der Waals surface area contributed by atoms with Crippen molar-refractivity contribution < 1.29 is 4.79 Å². The number of nitrogens with two attached hydrogens (primary N) is 1. The van der Waals surface area contributed by atoms with Gasteiger partial charge >= 0.3 is 0 Å². The third-order valence-corrected chi connectivity index (χ3v) is 6.06. The predicted molar refractivity (Wildman–Crippen MR) is 132 cm³/mol. The number of rotatable bonds is 8. The summed E-state index contributed by atoms with van der Waals surface area (Å²) in [7, 11) is 0. The molecular weight excluding hydrogens is 414 g/mol. The molecule has 1 aromatic heterocycles. The van der Waals surface area contributed by atoms with Gasteiger partial charge in [-0.15, -0.1) is 0 Å². The normalized spacial score (nSPS) is 13.8. The minimum absolute atomic E-state index is 0.0543. The molecule has 3 N–H and O–H groups in total. The van der Waals surface area contributed by atoms with Crippen molar-refractivity contribution in [3.05, 3.63) is 70.5 Å². The van der Waals surface area contributed by atoms with Gasteiger partial charge in [-0.2, -0.15) is 5.10 Å². The predicted octanol–water partition coefficient (Wildman–Crippen LogP) is 2.93. The van der Waals surface area contributed by atoms with E-state index in [9.17, 15) is 9.59 Å². The zero-order chi connectivity index (χ0) is 23.2. The van der Waals surface area contributed by atoms with Crippen molar-refractivity contribution in [3.63, 3.8) is 0 Å². The van der Waals surface area contributed by atoms with Crippen LogP contribution in [0.2, 0.25) is 0 Å². The summed E-state index contributed by atoms with van der Waals surface area (Å²) in [5.74, 6) is 0.0543. The molecule has 4 rings (SSSR count). The molecule has 1 saturated heterocycles. The van der Waals surface area contributed by atoms with Gasteiger partial charge in [-0.25, -0.2) is 4.68 Å². The van der Waals surface area contributed by atoms with E-state index in [2.05, 4.69) is 15.3 Å². The van der Waals surface area contributed by atoms with Gasteiger partial charge in [0.2, 0.25) is 5.91 Å². The van der Waals surface area contributed by atoms with Gasteiger partial charge in [-0.3, -0.25) is 9.59 Å². The Morgan fingerprint density at radius 3 is 2.48 bits per heavy atom. The number of carbonyl (C=O) groups is 1. The molecule has 0 saturated carbocycles. The van der Waals surface area contributed by atoms with Crippen molar-refractivity contribution in [2.24, 2.45) is 0 Å². The molecule has 1 aliphatic heterocycles. The van der Waals surface area contributed by atoms with Gasteiger partial charge in [0, 0.05) is 25.2 Å². The molecule has 3 aromatic rings. The standard InChI is InChI=1S/C26H31N5O2/c1-2-31-26(33)23(27)18-24(29-31)22-7-5-6-21(17-22)20-10-8-19(9-11-20)16-25(32)28-12-15-30-13-3-4-14-30/h5-11,17-18H,2-4,12-16,27H2,1H3,(H,28,32). The molecule has 1 amide bonds. The molecule has 0 aliphatic carbocycles. The first-order valence-electron chi connectivity index (χ1n) is 11.6. The lowest BCUT2D eigenvalue weighted by atomic mass is 10.00. The molecule has 1 fully saturated rings. The summed E-state index contributed by atoms with van der Waals surface area (Å²) in [6.45, 7) is 6.24. The Morgan fingerprint density at radius 1 is 1.03 bits per heavy atom. The second kappa shape index (κ2) is 10.4. The van der Waals surface area contributed by atoms with E-state index in [1.165, 1.54) is 17.5 Å². The Morgan fingerprint density at radius 2 is 1.76 bits per heavy atom. The van der Waals surface area contributed by atoms with Gasteiger partial charge in [-0.1, -0.05) is 42.5 Å². The second-order valence-corrected chi connectivity index (χ2v) is 8.46. The van der Waals surface area contributed by atoms with E-state index in [-0.39, 0.29) is 17.2 Å². The van der Waals surface area contributed by atoms with Crippen molar-refractivity contribution in [1.82, 2.24) is 20.0 Å². The number of nitrogens with one attached hydrogen (secondary N) is 1. The van der Waals surface area contributed by atoms with Crippen LogP contribution < -0.4 is 16.6 Å². The SMILES string of the molecule is CCn1nc(-c2cccc(-c3ccc(CC(=O)NCCN4CCCC4)cc3)c2)cc(N)c1=O. The highest BCUT2D eigenvalue weighted by atomic mass is 16.1. The fourth-order valence-electron chi connectivity index (χ4n) is 4.20. The monoisotopic (exact) mass is 445 g/mol. The van der Waals surface area contributed by atoms with Crippen LogP contribution in [0.4, 0.5) is 5.69 Å². The Bertz CT molecular complexity index is 1160. The quantitative estimate of drug-likeness (QED) is 0.556. The van der Waals surface area contributed by atoms with Crippen LogP contribution in [0.25, 0.3) is 22.4 Å². The molecule has 7 nitrogen and oxygen atoms in total. The van der Waals surface area contributed by atoms with Gasteiger partial charge in [0.25, 0.3) is 5.56 Å². The molecule has 2 aromatic carbocycles. The van der Waals surface area contributed by atoms with Crippen LogP contribution in [0.15, 0.2) is 59.4 Å². The van der Waals surface area contributed by atoms with Gasteiger partial charge < -0.3 is 16.0 Å². The summed E-state index contributed by atoms with van der Waals surface area (Å²) < 4.78 is 1.38. The van der Waals surface area contributed by atoms with Crippen LogP contribution in [-0.4, -0.2) is 46.8 Å². The number of carbonyl (C=O) groups excluding carboxylic acids is 1. The maximum Gasteiger partial charge on any atom is 0.289 e. The molecule has 0 bridgehead atoms. The summed E-state index contributed by atoms with van der Waals surface area (Å²) in [5, 5.41) is 7.46. The number of aromatic nitrogens is 2. The number of likely N-dealkylation sites (tertiary alicyclic amines) is 1. The smallest absolute Gasteiger partial charge is 0.289 e. The molecule has 0 spiro atoms. The average Bonchev–Trinajstić information content (AvgIpc) is 3.35. The van der Waals surface area contributed by atoms with Crippen molar-refractivity contribution >= 4 is 11.6 Å². The number of nitrogens with zero attached hydrogens (tertiary/aromatic N) is 3. The van der Waals surface area contributed by atoms with E-state index in [4.69, 9.17) is 5.73 Å². The minimum atomic E-state index is -0.270. The van der Waals surface area contributed by atoms with Crippen molar-refractivity contribution in [2.45, 2.75) is 32.7 Å². The lowest BCUT2D eigenvalue weighted by Gasteiger charge is -2.14. The van der Waals surface area contributed by atoms with E-state index < -0.39 is 0 Å². The second-order valence-electron chi connectivity index (χ2n) is 8.46. The average molecular weight is 446 g/mol. The minimum Gasteiger partial charge on any atom is -0.394 e. The lowest BCUT2D eigenvalue weighted by Crippen LogP contribution is -2.34. The molecule has 0 radical (unpaired) electrons. The summed E-state index contributed by atoms with van der Waals surface area (Å²) in [6, 6.07) is 17.7. The van der Waals surface area contributed by atoms with E-state index in [0.29, 0.717) is 25.2 Å². The molecule has 7 heteroatoms. The van der Waals surface area contributed by atoms with Crippen LogP contribution in [0.5, 0.6) is 0 Å². The van der Waals surface area contributed by atoms with Crippen LogP contribution in [-0.2, 0) is 17.8 Å². The largest absolute Gasteiger partial charge is 0.394 e. The maximum absolute atomic E-state index is 12.3. The van der Waals surface area contributed by atoms with Crippen molar-refractivity contribution in [2.75, 3.05) is 31.9 Å². The number of aryl methyl sites for hydroxylation is 1. The lowest BCUT2D eigenvalue weighted by molar-refractivity contribution is -0.120. The molecule has 172 valence electrons.